The zero-order chi connectivity index (χ0) is 14.3. The number of hydrogen-bond donors (Lipinski definition) is 1. The maximum Gasteiger partial charge on any atom is 0.246 e. The van der Waals surface area contributed by atoms with Crippen molar-refractivity contribution in [3.63, 3.8) is 0 Å². The normalized spacial score (nSPS) is 12.5. The van der Waals surface area contributed by atoms with E-state index in [1.54, 1.807) is 0 Å². The molecule has 0 spiro atoms. The highest BCUT2D eigenvalue weighted by atomic mass is 16.5. The van der Waals surface area contributed by atoms with E-state index in [2.05, 4.69) is 43.4 Å². The highest BCUT2D eigenvalue weighted by Gasteiger charge is 2.09. The van der Waals surface area contributed by atoms with E-state index in [0.29, 0.717) is 12.5 Å². The lowest BCUT2D eigenvalue weighted by Crippen LogP contribution is -2.30. The number of ether oxygens (including phenoxy) is 1. The van der Waals surface area contributed by atoms with Crippen molar-refractivity contribution in [2.75, 3.05) is 13.2 Å². The Morgan fingerprint density at radius 3 is 2.37 bits per heavy atom. The second kappa shape index (κ2) is 7.95. The summed E-state index contributed by atoms with van der Waals surface area (Å²) >= 11 is 0. The summed E-state index contributed by atoms with van der Waals surface area (Å²) in [5, 5.41) is 2.93. The van der Waals surface area contributed by atoms with Crippen molar-refractivity contribution < 1.29 is 9.53 Å². The van der Waals surface area contributed by atoms with Gasteiger partial charge >= 0.3 is 0 Å². The van der Waals surface area contributed by atoms with E-state index in [-0.39, 0.29) is 18.6 Å². The van der Waals surface area contributed by atoms with Gasteiger partial charge in [0, 0.05) is 6.61 Å². The molecule has 106 valence electrons. The highest BCUT2D eigenvalue weighted by molar-refractivity contribution is 5.77. The largest absolute Gasteiger partial charge is 0.372 e. The van der Waals surface area contributed by atoms with Gasteiger partial charge in [0.15, 0.2) is 0 Å². The van der Waals surface area contributed by atoms with E-state index < -0.39 is 0 Å². The van der Waals surface area contributed by atoms with Gasteiger partial charge in [0.25, 0.3) is 0 Å². The third-order valence-corrected chi connectivity index (χ3v) is 2.94. The van der Waals surface area contributed by atoms with Gasteiger partial charge in [-0.2, -0.15) is 0 Å². The fraction of sp³-hybridized carbons (Fsp3) is 0.562. The number of nitrogens with one attached hydrogen (secondary N) is 1. The Labute approximate surface area is 116 Å². The summed E-state index contributed by atoms with van der Waals surface area (Å²) < 4.78 is 5.08. The van der Waals surface area contributed by atoms with Crippen LogP contribution in [0.1, 0.15) is 44.9 Å². The molecule has 1 aromatic carbocycles. The van der Waals surface area contributed by atoms with E-state index >= 15 is 0 Å². The molecule has 1 amide bonds. The van der Waals surface area contributed by atoms with E-state index in [4.69, 9.17) is 4.74 Å². The molecule has 0 aromatic heterocycles. The lowest BCUT2D eigenvalue weighted by molar-refractivity contribution is -0.126. The zero-order valence-electron chi connectivity index (χ0n) is 12.4. The van der Waals surface area contributed by atoms with Crippen molar-refractivity contribution in [3.05, 3.63) is 35.4 Å². The van der Waals surface area contributed by atoms with Gasteiger partial charge in [-0.3, -0.25) is 4.79 Å². The molecule has 0 bridgehead atoms. The average molecular weight is 263 g/mol. The molecule has 0 radical (unpaired) electrons. The molecule has 19 heavy (non-hydrogen) atoms. The third-order valence-electron chi connectivity index (χ3n) is 2.94. The summed E-state index contributed by atoms with van der Waals surface area (Å²) in [6.07, 6.45) is 1.09. The standard InChI is InChI=1S/C16H25NO2/c1-5-19-11-16(18)17-13(4)15-8-6-14(7-9-15)10-12(2)3/h6-9,12-13H,5,10-11H2,1-4H3,(H,17,18). The Morgan fingerprint density at radius 1 is 1.21 bits per heavy atom. The lowest BCUT2D eigenvalue weighted by atomic mass is 10.00. The van der Waals surface area contributed by atoms with E-state index in [9.17, 15) is 4.79 Å². The molecule has 1 atom stereocenters. The van der Waals surface area contributed by atoms with Crippen LogP contribution in [-0.4, -0.2) is 19.1 Å². The van der Waals surface area contributed by atoms with Gasteiger partial charge in [-0.15, -0.1) is 0 Å². The first-order chi connectivity index (χ1) is 9.02. The van der Waals surface area contributed by atoms with Crippen molar-refractivity contribution in [2.45, 2.75) is 40.2 Å². The Balaban J connectivity index is 2.52. The molecular weight excluding hydrogens is 238 g/mol. The highest BCUT2D eigenvalue weighted by Crippen LogP contribution is 2.15. The third kappa shape index (κ3) is 5.88. The topological polar surface area (TPSA) is 38.3 Å². The van der Waals surface area contributed by atoms with Crippen LogP contribution in [0.25, 0.3) is 0 Å². The minimum Gasteiger partial charge on any atom is -0.372 e. The molecule has 0 aliphatic heterocycles. The van der Waals surface area contributed by atoms with Crippen LogP contribution in [0, 0.1) is 5.92 Å². The van der Waals surface area contributed by atoms with E-state index in [1.807, 2.05) is 13.8 Å². The number of carbonyl (C=O) groups excluding carboxylic acids is 1. The van der Waals surface area contributed by atoms with Crippen LogP contribution in [-0.2, 0) is 16.0 Å². The molecule has 0 fully saturated rings. The predicted octanol–water partition coefficient (Wildman–Crippen LogP) is 3.10. The number of carbonyl (C=O) groups is 1. The Bertz CT molecular complexity index is 384. The molecule has 1 N–H and O–H groups in total. The minimum atomic E-state index is -0.0689. The van der Waals surface area contributed by atoms with Crippen LogP contribution in [0.15, 0.2) is 24.3 Å². The van der Waals surface area contributed by atoms with Gasteiger partial charge in [-0.05, 0) is 37.3 Å². The number of benzene rings is 1. The molecule has 3 nitrogen and oxygen atoms in total. The molecule has 1 rings (SSSR count). The molecule has 3 heteroatoms. The smallest absolute Gasteiger partial charge is 0.246 e. The van der Waals surface area contributed by atoms with Crippen LogP contribution in [0.5, 0.6) is 0 Å². The van der Waals surface area contributed by atoms with Gasteiger partial charge in [0.2, 0.25) is 5.91 Å². The first-order valence-corrected chi connectivity index (χ1v) is 6.98. The summed E-state index contributed by atoms with van der Waals surface area (Å²) in [5.74, 6) is 0.592. The van der Waals surface area contributed by atoms with Crippen LogP contribution >= 0.6 is 0 Å². The molecule has 0 heterocycles. The van der Waals surface area contributed by atoms with Crippen molar-refractivity contribution in [3.8, 4) is 0 Å². The van der Waals surface area contributed by atoms with Crippen LogP contribution in [0.4, 0.5) is 0 Å². The Hall–Kier alpha value is -1.35. The van der Waals surface area contributed by atoms with Gasteiger partial charge in [0.05, 0.1) is 6.04 Å². The van der Waals surface area contributed by atoms with Gasteiger partial charge in [0.1, 0.15) is 6.61 Å². The van der Waals surface area contributed by atoms with Crippen molar-refractivity contribution >= 4 is 5.91 Å². The summed E-state index contributed by atoms with van der Waals surface area (Å²) in [6, 6.07) is 8.47. The first kappa shape index (κ1) is 15.7. The second-order valence-electron chi connectivity index (χ2n) is 5.27. The van der Waals surface area contributed by atoms with Crippen LogP contribution in [0.3, 0.4) is 0 Å². The first-order valence-electron chi connectivity index (χ1n) is 6.98. The number of rotatable bonds is 7. The average Bonchev–Trinajstić information content (AvgIpc) is 2.36. The van der Waals surface area contributed by atoms with Gasteiger partial charge in [-0.25, -0.2) is 0 Å². The minimum absolute atomic E-state index is 0.0149. The maximum absolute atomic E-state index is 11.6. The monoisotopic (exact) mass is 263 g/mol. The fourth-order valence-corrected chi connectivity index (χ4v) is 1.98. The van der Waals surface area contributed by atoms with Gasteiger partial charge < -0.3 is 10.1 Å². The number of amides is 1. The molecule has 0 aliphatic rings. The SMILES string of the molecule is CCOCC(=O)NC(C)c1ccc(CC(C)C)cc1. The molecule has 1 aromatic rings. The predicted molar refractivity (Wildman–Crippen MR) is 78.0 cm³/mol. The van der Waals surface area contributed by atoms with E-state index in [1.165, 1.54) is 5.56 Å². The number of hydrogen-bond acceptors (Lipinski definition) is 2. The molecule has 0 aliphatic carbocycles. The van der Waals surface area contributed by atoms with Gasteiger partial charge in [-0.1, -0.05) is 38.1 Å². The summed E-state index contributed by atoms with van der Waals surface area (Å²) in [4.78, 5) is 11.6. The maximum atomic E-state index is 11.6. The quantitative estimate of drug-likeness (QED) is 0.821. The van der Waals surface area contributed by atoms with Crippen LogP contribution in [0.2, 0.25) is 0 Å². The molecular formula is C16H25NO2. The fourth-order valence-electron chi connectivity index (χ4n) is 1.98. The lowest BCUT2D eigenvalue weighted by Gasteiger charge is -2.15. The summed E-state index contributed by atoms with van der Waals surface area (Å²) in [5.41, 5.74) is 2.46. The van der Waals surface area contributed by atoms with Crippen molar-refractivity contribution in [1.82, 2.24) is 5.32 Å². The Kier molecular flexibility index (Phi) is 6.57. The second-order valence-corrected chi connectivity index (χ2v) is 5.27. The molecule has 0 saturated carbocycles. The van der Waals surface area contributed by atoms with Crippen molar-refractivity contribution in [2.24, 2.45) is 5.92 Å². The van der Waals surface area contributed by atoms with Crippen molar-refractivity contribution in [1.29, 1.82) is 0 Å². The van der Waals surface area contributed by atoms with E-state index in [0.717, 1.165) is 12.0 Å². The Morgan fingerprint density at radius 2 is 1.84 bits per heavy atom. The summed E-state index contributed by atoms with van der Waals surface area (Å²) in [6.45, 7) is 8.98. The molecule has 0 saturated heterocycles. The summed E-state index contributed by atoms with van der Waals surface area (Å²) in [7, 11) is 0. The molecule has 1 unspecified atom stereocenters. The zero-order valence-corrected chi connectivity index (χ0v) is 12.4. The van der Waals surface area contributed by atoms with Crippen LogP contribution < -0.4 is 5.32 Å².